The first kappa shape index (κ1) is 14.9. The molecular formula is C16H23NO3. The summed E-state index contributed by atoms with van der Waals surface area (Å²) in [4.78, 5) is 13.7. The van der Waals surface area contributed by atoms with Crippen molar-refractivity contribution in [2.75, 3.05) is 13.1 Å². The number of amides is 1. The summed E-state index contributed by atoms with van der Waals surface area (Å²) >= 11 is 0. The zero-order chi connectivity index (χ0) is 14.8. The van der Waals surface area contributed by atoms with Crippen LogP contribution in [0.15, 0.2) is 30.3 Å². The smallest absolute Gasteiger partial charge is 0.410 e. The van der Waals surface area contributed by atoms with Gasteiger partial charge in [0, 0.05) is 6.54 Å². The van der Waals surface area contributed by atoms with Gasteiger partial charge in [0.25, 0.3) is 0 Å². The highest BCUT2D eigenvalue weighted by molar-refractivity contribution is 5.68. The molecule has 0 aliphatic carbocycles. The van der Waals surface area contributed by atoms with Crippen molar-refractivity contribution in [3.05, 3.63) is 35.9 Å². The summed E-state index contributed by atoms with van der Waals surface area (Å²) in [5.41, 5.74) is -0.635. The molecule has 1 saturated heterocycles. The zero-order valence-electron chi connectivity index (χ0n) is 12.4. The summed E-state index contributed by atoms with van der Waals surface area (Å²) in [6, 6.07) is 9.53. The Morgan fingerprint density at radius 3 is 2.55 bits per heavy atom. The highest BCUT2D eigenvalue weighted by Gasteiger charge is 2.37. The fourth-order valence-corrected chi connectivity index (χ4v) is 2.50. The fraction of sp³-hybridized carbons (Fsp3) is 0.562. The Morgan fingerprint density at radius 2 is 1.95 bits per heavy atom. The molecule has 1 atom stereocenters. The predicted octanol–water partition coefficient (Wildman–Crippen LogP) is 2.91. The van der Waals surface area contributed by atoms with Gasteiger partial charge in [0.1, 0.15) is 11.2 Å². The standard InChI is InChI=1S/C16H23NO3/c1-15(2,3)20-14(18)17-11-7-10-16(19,12-17)13-8-5-4-6-9-13/h4-6,8-9,19H,7,10-12H2,1-3H3/t16-/m0/s1. The topological polar surface area (TPSA) is 49.8 Å². The second-order valence-electron chi connectivity index (χ2n) is 6.40. The van der Waals surface area contributed by atoms with Gasteiger partial charge in [-0.15, -0.1) is 0 Å². The Kier molecular flexibility index (Phi) is 4.04. The van der Waals surface area contributed by atoms with Crippen LogP contribution in [0.5, 0.6) is 0 Å². The lowest BCUT2D eigenvalue weighted by Gasteiger charge is -2.39. The van der Waals surface area contributed by atoms with E-state index in [1.54, 1.807) is 4.90 Å². The van der Waals surface area contributed by atoms with Crippen LogP contribution < -0.4 is 0 Å². The fourth-order valence-electron chi connectivity index (χ4n) is 2.50. The van der Waals surface area contributed by atoms with Gasteiger partial charge in [0.2, 0.25) is 0 Å². The maximum absolute atomic E-state index is 12.1. The van der Waals surface area contributed by atoms with Gasteiger partial charge in [-0.3, -0.25) is 0 Å². The van der Waals surface area contributed by atoms with E-state index in [1.807, 2.05) is 51.1 Å². The molecule has 0 spiro atoms. The van der Waals surface area contributed by atoms with Gasteiger partial charge in [-0.05, 0) is 39.2 Å². The van der Waals surface area contributed by atoms with Gasteiger partial charge in [0.15, 0.2) is 0 Å². The third kappa shape index (κ3) is 3.51. The van der Waals surface area contributed by atoms with Crippen LogP contribution in [0.3, 0.4) is 0 Å². The van der Waals surface area contributed by atoms with E-state index in [2.05, 4.69) is 0 Å². The summed E-state index contributed by atoms with van der Waals surface area (Å²) < 4.78 is 5.38. The molecule has 1 aliphatic rings. The molecule has 4 nitrogen and oxygen atoms in total. The van der Waals surface area contributed by atoms with Crippen molar-refractivity contribution in [1.82, 2.24) is 4.90 Å². The second kappa shape index (κ2) is 5.44. The molecule has 1 aromatic carbocycles. The number of rotatable bonds is 1. The van der Waals surface area contributed by atoms with Crippen molar-refractivity contribution in [1.29, 1.82) is 0 Å². The molecule has 1 aromatic rings. The van der Waals surface area contributed by atoms with Crippen LogP contribution in [0.1, 0.15) is 39.2 Å². The Bertz CT molecular complexity index is 466. The van der Waals surface area contributed by atoms with E-state index in [0.29, 0.717) is 13.0 Å². The van der Waals surface area contributed by atoms with E-state index >= 15 is 0 Å². The molecule has 1 amide bonds. The first-order valence-corrected chi connectivity index (χ1v) is 7.06. The lowest BCUT2D eigenvalue weighted by Crippen LogP contribution is -2.49. The van der Waals surface area contributed by atoms with E-state index < -0.39 is 11.2 Å². The molecule has 0 radical (unpaired) electrons. The average Bonchev–Trinajstić information content (AvgIpc) is 2.38. The minimum atomic E-state index is -0.976. The number of hydrogen-bond acceptors (Lipinski definition) is 3. The SMILES string of the molecule is CC(C)(C)OC(=O)N1CCC[C@@](O)(c2ccccc2)C1. The monoisotopic (exact) mass is 277 g/mol. The third-order valence-corrected chi connectivity index (χ3v) is 3.43. The number of ether oxygens (including phenoxy) is 1. The van der Waals surface area contributed by atoms with Crippen molar-refractivity contribution >= 4 is 6.09 Å². The van der Waals surface area contributed by atoms with Crippen LogP contribution in [0.25, 0.3) is 0 Å². The Hall–Kier alpha value is -1.55. The number of benzene rings is 1. The second-order valence-corrected chi connectivity index (χ2v) is 6.40. The van der Waals surface area contributed by atoms with Gasteiger partial charge < -0.3 is 14.7 Å². The van der Waals surface area contributed by atoms with Crippen LogP contribution in [0, 0.1) is 0 Å². The number of carbonyl (C=O) groups is 1. The minimum Gasteiger partial charge on any atom is -0.444 e. The lowest BCUT2D eigenvalue weighted by molar-refractivity contribution is -0.0465. The molecule has 1 N–H and O–H groups in total. The van der Waals surface area contributed by atoms with Gasteiger partial charge in [-0.1, -0.05) is 30.3 Å². The molecule has 0 unspecified atom stereocenters. The summed E-state index contributed by atoms with van der Waals surface area (Å²) in [7, 11) is 0. The quantitative estimate of drug-likeness (QED) is 0.858. The van der Waals surface area contributed by atoms with Crippen molar-refractivity contribution in [2.45, 2.75) is 44.8 Å². The van der Waals surface area contributed by atoms with Crippen molar-refractivity contribution < 1.29 is 14.6 Å². The highest BCUT2D eigenvalue weighted by Crippen LogP contribution is 2.31. The van der Waals surface area contributed by atoms with E-state index in [4.69, 9.17) is 4.74 Å². The third-order valence-electron chi connectivity index (χ3n) is 3.43. The minimum absolute atomic E-state index is 0.284. The molecule has 20 heavy (non-hydrogen) atoms. The molecule has 1 heterocycles. The maximum atomic E-state index is 12.1. The van der Waals surface area contributed by atoms with Crippen LogP contribution in [-0.2, 0) is 10.3 Å². The molecule has 2 rings (SSSR count). The number of piperidine rings is 1. The number of β-amino-alcohol motifs (C(OH)–C–C–N with tert-alkyl or cyclic N) is 1. The highest BCUT2D eigenvalue weighted by atomic mass is 16.6. The molecule has 0 bridgehead atoms. The number of likely N-dealkylation sites (tertiary alicyclic amines) is 1. The van der Waals surface area contributed by atoms with E-state index in [1.165, 1.54) is 0 Å². The Balaban J connectivity index is 2.11. The summed E-state index contributed by atoms with van der Waals surface area (Å²) in [6.45, 7) is 6.45. The molecule has 1 fully saturated rings. The van der Waals surface area contributed by atoms with Crippen LogP contribution in [-0.4, -0.2) is 34.8 Å². The van der Waals surface area contributed by atoms with Gasteiger partial charge >= 0.3 is 6.09 Å². The average molecular weight is 277 g/mol. The number of carbonyl (C=O) groups excluding carboxylic acids is 1. The first-order valence-electron chi connectivity index (χ1n) is 7.06. The lowest BCUT2D eigenvalue weighted by atomic mass is 9.86. The van der Waals surface area contributed by atoms with Crippen molar-refractivity contribution in [3.8, 4) is 0 Å². The molecule has 110 valence electrons. The van der Waals surface area contributed by atoms with Crippen molar-refractivity contribution in [3.63, 3.8) is 0 Å². The normalized spacial score (nSPS) is 23.5. The summed E-state index contributed by atoms with van der Waals surface area (Å²) in [6.07, 6.45) is 1.08. The molecule has 0 saturated carbocycles. The van der Waals surface area contributed by atoms with Gasteiger partial charge in [-0.25, -0.2) is 4.79 Å². The Labute approximate surface area is 120 Å². The van der Waals surface area contributed by atoms with E-state index in [0.717, 1.165) is 12.0 Å². The Morgan fingerprint density at radius 1 is 1.30 bits per heavy atom. The number of hydrogen-bond donors (Lipinski definition) is 1. The van der Waals surface area contributed by atoms with Gasteiger partial charge in [-0.2, -0.15) is 0 Å². The number of aliphatic hydroxyl groups is 1. The maximum Gasteiger partial charge on any atom is 0.410 e. The summed E-state index contributed by atoms with van der Waals surface area (Å²) in [5.74, 6) is 0. The molecule has 4 heteroatoms. The zero-order valence-corrected chi connectivity index (χ0v) is 12.4. The van der Waals surface area contributed by atoms with Crippen LogP contribution in [0.4, 0.5) is 4.79 Å². The summed E-state index contributed by atoms with van der Waals surface area (Å²) in [5, 5.41) is 10.8. The number of nitrogens with zero attached hydrogens (tertiary/aromatic N) is 1. The molecular weight excluding hydrogens is 254 g/mol. The molecule has 1 aliphatic heterocycles. The van der Waals surface area contributed by atoms with Gasteiger partial charge in [0.05, 0.1) is 6.54 Å². The predicted molar refractivity (Wildman–Crippen MR) is 77.4 cm³/mol. The van der Waals surface area contributed by atoms with Crippen LogP contribution in [0.2, 0.25) is 0 Å². The van der Waals surface area contributed by atoms with Crippen molar-refractivity contribution in [2.24, 2.45) is 0 Å². The van der Waals surface area contributed by atoms with E-state index in [-0.39, 0.29) is 12.6 Å². The first-order chi connectivity index (χ1) is 9.30. The molecule has 0 aromatic heterocycles. The van der Waals surface area contributed by atoms with E-state index in [9.17, 15) is 9.90 Å². The van der Waals surface area contributed by atoms with Crippen LogP contribution >= 0.6 is 0 Å². The largest absolute Gasteiger partial charge is 0.444 e.